The van der Waals surface area contributed by atoms with Crippen molar-refractivity contribution >= 4 is 23.1 Å². The Balaban J connectivity index is 2.01. The highest BCUT2D eigenvalue weighted by Crippen LogP contribution is 2.39. The number of carbonyl (C=O) groups is 4. The molecule has 0 unspecified atom stereocenters. The minimum atomic E-state index is -0.347. The standard InChI is InChI=1S/C45H52O4/c1-25-13-37(14-26(2)41(25)33(9)46)21-45(22-38-15-27(3)42(34(10)47)28(4)16-38,23-39-17-29(5)43(35(11)48)30(6)18-39)24-40-19-31(7)44(36(12)49)32(8)20-40/h13-20H,21-24H2,1-12H3. The fraction of sp³-hybridized carbons (Fsp3) is 0.378. The number of benzene rings is 4. The Morgan fingerprint density at radius 3 is 0.612 bits per heavy atom. The molecule has 0 saturated heterocycles. The fourth-order valence-corrected chi connectivity index (χ4v) is 8.95. The van der Waals surface area contributed by atoms with Crippen LogP contribution in [0.4, 0.5) is 0 Å². The van der Waals surface area contributed by atoms with Gasteiger partial charge in [0.2, 0.25) is 0 Å². The van der Waals surface area contributed by atoms with Crippen LogP contribution in [0, 0.1) is 60.8 Å². The van der Waals surface area contributed by atoms with Crippen LogP contribution in [-0.4, -0.2) is 23.1 Å². The highest BCUT2D eigenvalue weighted by Gasteiger charge is 2.34. The van der Waals surface area contributed by atoms with Crippen LogP contribution in [0.15, 0.2) is 48.5 Å². The average Bonchev–Trinajstić information content (AvgIpc) is 2.90. The maximum Gasteiger partial charge on any atom is 0.160 e. The maximum absolute atomic E-state index is 12.6. The predicted molar refractivity (Wildman–Crippen MR) is 201 cm³/mol. The van der Waals surface area contributed by atoms with Gasteiger partial charge in [0.15, 0.2) is 23.1 Å². The van der Waals surface area contributed by atoms with E-state index in [4.69, 9.17) is 0 Å². The van der Waals surface area contributed by atoms with E-state index in [9.17, 15) is 19.2 Å². The molecule has 0 N–H and O–H groups in total. The van der Waals surface area contributed by atoms with Gasteiger partial charge in [0.25, 0.3) is 0 Å². The van der Waals surface area contributed by atoms with E-state index in [1.165, 1.54) is 0 Å². The number of Topliss-reactive ketones (excluding diaryl/α,β-unsaturated/α-hetero) is 4. The van der Waals surface area contributed by atoms with Gasteiger partial charge in [-0.2, -0.15) is 0 Å². The molecular weight excluding hydrogens is 604 g/mol. The van der Waals surface area contributed by atoms with E-state index < -0.39 is 0 Å². The zero-order valence-electron chi connectivity index (χ0n) is 31.6. The molecule has 0 spiro atoms. The third-order valence-electron chi connectivity index (χ3n) is 10.1. The van der Waals surface area contributed by atoms with Crippen molar-refractivity contribution in [1.29, 1.82) is 0 Å². The third-order valence-corrected chi connectivity index (χ3v) is 10.1. The predicted octanol–water partition coefficient (Wildman–Crippen LogP) is 10.2. The summed E-state index contributed by atoms with van der Waals surface area (Å²) in [5, 5.41) is 0. The van der Waals surface area contributed by atoms with Gasteiger partial charge in [-0.25, -0.2) is 0 Å². The Bertz CT molecular complexity index is 1620. The van der Waals surface area contributed by atoms with E-state index in [1.54, 1.807) is 27.7 Å². The summed E-state index contributed by atoms with van der Waals surface area (Å²) in [5.74, 6) is 0.268. The zero-order chi connectivity index (χ0) is 36.5. The molecule has 0 aromatic heterocycles. The highest BCUT2D eigenvalue weighted by atomic mass is 16.1. The van der Waals surface area contributed by atoms with Crippen molar-refractivity contribution in [2.45, 2.75) is 109 Å². The first-order valence-corrected chi connectivity index (χ1v) is 17.3. The van der Waals surface area contributed by atoms with Crippen LogP contribution >= 0.6 is 0 Å². The summed E-state index contributed by atoms with van der Waals surface area (Å²) >= 11 is 0. The maximum atomic E-state index is 12.6. The summed E-state index contributed by atoms with van der Waals surface area (Å²) < 4.78 is 0. The van der Waals surface area contributed by atoms with Crippen LogP contribution in [0.1, 0.15) is 136 Å². The van der Waals surface area contributed by atoms with E-state index in [-0.39, 0.29) is 28.5 Å². The zero-order valence-corrected chi connectivity index (χ0v) is 31.6. The lowest BCUT2D eigenvalue weighted by atomic mass is 9.67. The molecule has 4 aromatic carbocycles. The second-order valence-corrected chi connectivity index (χ2v) is 14.9. The third kappa shape index (κ3) is 8.24. The van der Waals surface area contributed by atoms with Gasteiger partial charge < -0.3 is 0 Å². The van der Waals surface area contributed by atoms with Crippen LogP contribution in [0.3, 0.4) is 0 Å². The highest BCUT2D eigenvalue weighted by molar-refractivity contribution is 5.98. The lowest BCUT2D eigenvalue weighted by Crippen LogP contribution is -2.33. The summed E-state index contributed by atoms with van der Waals surface area (Å²) in [6.07, 6.45) is 2.94. The second-order valence-electron chi connectivity index (χ2n) is 14.9. The van der Waals surface area contributed by atoms with Gasteiger partial charge in [-0.15, -0.1) is 0 Å². The first-order chi connectivity index (χ1) is 22.8. The van der Waals surface area contributed by atoms with E-state index in [0.717, 1.165) is 115 Å². The molecule has 4 heteroatoms. The Hall–Kier alpha value is -4.44. The van der Waals surface area contributed by atoms with Crippen molar-refractivity contribution in [3.05, 3.63) is 138 Å². The van der Waals surface area contributed by atoms with Gasteiger partial charge >= 0.3 is 0 Å². The van der Waals surface area contributed by atoms with Crippen LogP contribution in [0.25, 0.3) is 0 Å². The van der Waals surface area contributed by atoms with E-state index in [1.807, 2.05) is 55.4 Å². The summed E-state index contributed by atoms with van der Waals surface area (Å²) in [7, 11) is 0. The average molecular weight is 657 g/mol. The number of carbonyl (C=O) groups excluding carboxylic acids is 4. The van der Waals surface area contributed by atoms with Gasteiger partial charge in [0.1, 0.15) is 0 Å². The normalized spacial score (nSPS) is 11.5. The molecule has 4 rings (SSSR count). The molecule has 0 aliphatic carbocycles. The number of rotatable bonds is 12. The molecule has 0 saturated carbocycles. The molecule has 0 atom stereocenters. The van der Waals surface area contributed by atoms with Crippen molar-refractivity contribution in [2.75, 3.05) is 0 Å². The largest absolute Gasteiger partial charge is 0.294 e. The van der Waals surface area contributed by atoms with Crippen LogP contribution in [0.2, 0.25) is 0 Å². The Morgan fingerprint density at radius 2 is 0.490 bits per heavy atom. The summed E-state index contributed by atoms with van der Waals surface area (Å²) in [6.45, 7) is 22.6. The number of hydrogen-bond donors (Lipinski definition) is 0. The fourth-order valence-electron chi connectivity index (χ4n) is 8.95. The SMILES string of the molecule is CC(=O)c1c(C)cc(CC(Cc2cc(C)c(C(C)=O)c(C)c2)(Cc2cc(C)c(C(C)=O)c(C)c2)Cc2cc(C)c(C(C)=O)c(C)c2)cc1C. The van der Waals surface area contributed by atoms with E-state index >= 15 is 0 Å². The first-order valence-electron chi connectivity index (χ1n) is 17.3. The lowest BCUT2D eigenvalue weighted by molar-refractivity contribution is 0.100. The van der Waals surface area contributed by atoms with Crippen molar-refractivity contribution < 1.29 is 19.2 Å². The summed E-state index contributed by atoms with van der Waals surface area (Å²) in [6, 6.07) is 17.3. The van der Waals surface area contributed by atoms with Crippen molar-refractivity contribution in [1.82, 2.24) is 0 Å². The first kappa shape index (κ1) is 37.4. The molecule has 0 aliphatic heterocycles. The van der Waals surface area contributed by atoms with Gasteiger partial charge in [0, 0.05) is 22.3 Å². The summed E-state index contributed by atoms with van der Waals surface area (Å²) in [4.78, 5) is 50.2. The smallest absolute Gasteiger partial charge is 0.160 e. The van der Waals surface area contributed by atoms with Crippen molar-refractivity contribution in [2.24, 2.45) is 5.41 Å². The second kappa shape index (κ2) is 14.6. The van der Waals surface area contributed by atoms with Gasteiger partial charge in [-0.1, -0.05) is 48.5 Å². The molecule has 0 radical (unpaired) electrons. The number of hydrogen-bond acceptors (Lipinski definition) is 4. The molecule has 4 aromatic rings. The summed E-state index contributed by atoms with van der Waals surface area (Å²) in [5.41, 5.74) is 15.2. The molecular formula is C45H52O4. The lowest BCUT2D eigenvalue weighted by Gasteiger charge is -2.36. The quantitative estimate of drug-likeness (QED) is 0.142. The Morgan fingerprint density at radius 1 is 0.347 bits per heavy atom. The number of ketones is 4. The van der Waals surface area contributed by atoms with Gasteiger partial charge in [-0.05, 0) is 181 Å². The molecule has 0 heterocycles. The molecule has 49 heavy (non-hydrogen) atoms. The van der Waals surface area contributed by atoms with Gasteiger partial charge in [-0.3, -0.25) is 19.2 Å². The molecule has 0 amide bonds. The minimum absolute atomic E-state index is 0.0670. The van der Waals surface area contributed by atoms with Crippen LogP contribution < -0.4 is 0 Å². The molecule has 0 fully saturated rings. The minimum Gasteiger partial charge on any atom is -0.294 e. The van der Waals surface area contributed by atoms with E-state index in [0.29, 0.717) is 0 Å². The van der Waals surface area contributed by atoms with Crippen LogP contribution in [0.5, 0.6) is 0 Å². The molecule has 0 bridgehead atoms. The molecule has 256 valence electrons. The van der Waals surface area contributed by atoms with Crippen molar-refractivity contribution in [3.8, 4) is 0 Å². The number of aryl methyl sites for hydroxylation is 8. The van der Waals surface area contributed by atoms with Crippen LogP contribution in [-0.2, 0) is 25.7 Å². The molecule has 4 nitrogen and oxygen atoms in total. The van der Waals surface area contributed by atoms with E-state index in [2.05, 4.69) is 48.5 Å². The Labute approximate surface area is 293 Å². The van der Waals surface area contributed by atoms with Gasteiger partial charge in [0.05, 0.1) is 0 Å². The Kier molecular flexibility index (Phi) is 11.1. The van der Waals surface area contributed by atoms with Crippen molar-refractivity contribution in [3.63, 3.8) is 0 Å². The molecule has 0 aliphatic rings. The topological polar surface area (TPSA) is 68.3 Å². The monoisotopic (exact) mass is 656 g/mol.